The monoisotopic (exact) mass is 236 g/mol. The van der Waals surface area contributed by atoms with Crippen LogP contribution in [0.2, 0.25) is 0 Å². The fraction of sp³-hybridized carbons (Fsp3) is 0.222. The highest BCUT2D eigenvalue weighted by atomic mass is 35.5. The predicted molar refractivity (Wildman–Crippen MR) is 63.4 cm³/mol. The Balaban J connectivity index is 0. The van der Waals surface area contributed by atoms with Gasteiger partial charge < -0.3 is 10.5 Å². The lowest BCUT2D eigenvalue weighted by Crippen LogP contribution is -1.93. The highest BCUT2D eigenvalue weighted by Crippen LogP contribution is 2.14. The molecule has 0 aromatic carbocycles. The maximum absolute atomic E-state index is 5.32. The summed E-state index contributed by atoms with van der Waals surface area (Å²) in [4.78, 5) is 4.04. The van der Waals surface area contributed by atoms with E-state index in [9.17, 15) is 0 Å². The van der Waals surface area contributed by atoms with E-state index in [1.165, 1.54) is 0 Å². The van der Waals surface area contributed by atoms with E-state index in [-0.39, 0.29) is 24.8 Å². The van der Waals surface area contributed by atoms with Gasteiger partial charge in [0.1, 0.15) is 0 Å². The van der Waals surface area contributed by atoms with Crippen molar-refractivity contribution in [1.82, 2.24) is 4.98 Å². The largest absolute Gasteiger partial charge is 0.481 e. The molecule has 14 heavy (non-hydrogen) atoms. The number of nitrogens with zero attached hydrogens (tertiary/aromatic N) is 1. The lowest BCUT2D eigenvalue weighted by atomic mass is 10.2. The van der Waals surface area contributed by atoms with Gasteiger partial charge in [-0.1, -0.05) is 12.2 Å². The van der Waals surface area contributed by atoms with E-state index >= 15 is 0 Å². The van der Waals surface area contributed by atoms with Gasteiger partial charge in [0.2, 0.25) is 5.88 Å². The zero-order valence-corrected chi connectivity index (χ0v) is 9.48. The van der Waals surface area contributed by atoms with Gasteiger partial charge in [0.15, 0.2) is 0 Å². The molecular weight excluding hydrogens is 223 g/mol. The Hall–Kier alpha value is -0.770. The van der Waals surface area contributed by atoms with Crippen molar-refractivity contribution in [3.8, 4) is 5.88 Å². The summed E-state index contributed by atoms with van der Waals surface area (Å²) in [5, 5.41) is 0. The van der Waals surface area contributed by atoms with Crippen molar-refractivity contribution in [2.24, 2.45) is 5.73 Å². The molecule has 1 aromatic heterocycles. The van der Waals surface area contributed by atoms with E-state index in [4.69, 9.17) is 10.5 Å². The summed E-state index contributed by atoms with van der Waals surface area (Å²) in [5.74, 6) is 0.627. The lowest BCUT2D eigenvalue weighted by Gasteiger charge is -2.00. The topological polar surface area (TPSA) is 48.1 Å². The van der Waals surface area contributed by atoms with Crippen LogP contribution in [0.5, 0.6) is 5.88 Å². The van der Waals surface area contributed by atoms with Crippen molar-refractivity contribution >= 4 is 30.9 Å². The van der Waals surface area contributed by atoms with Crippen LogP contribution >= 0.6 is 24.8 Å². The number of aromatic nitrogens is 1. The van der Waals surface area contributed by atoms with Crippen LogP contribution in [0.3, 0.4) is 0 Å². The number of ether oxygens (including phenoxy) is 1. The Morgan fingerprint density at radius 1 is 1.50 bits per heavy atom. The molecule has 0 fully saturated rings. The first kappa shape index (κ1) is 15.7. The second-order valence-corrected chi connectivity index (χ2v) is 2.24. The minimum Gasteiger partial charge on any atom is -0.481 e. The van der Waals surface area contributed by atoms with Crippen LogP contribution in [0.4, 0.5) is 0 Å². The molecule has 0 aliphatic rings. The van der Waals surface area contributed by atoms with Crippen LogP contribution in [-0.2, 0) is 0 Å². The molecule has 3 nitrogen and oxygen atoms in total. The third-order valence-electron chi connectivity index (χ3n) is 1.43. The molecule has 0 saturated carbocycles. The summed E-state index contributed by atoms with van der Waals surface area (Å²) in [6, 6.07) is 3.79. The van der Waals surface area contributed by atoms with Crippen LogP contribution in [0.15, 0.2) is 24.4 Å². The average Bonchev–Trinajstić information content (AvgIpc) is 2.15. The zero-order chi connectivity index (χ0) is 8.81. The van der Waals surface area contributed by atoms with Gasteiger partial charge in [-0.05, 0) is 12.1 Å². The molecule has 1 heterocycles. The summed E-state index contributed by atoms with van der Waals surface area (Å²) in [7, 11) is 1.60. The highest BCUT2D eigenvalue weighted by molar-refractivity contribution is 5.85. The van der Waals surface area contributed by atoms with E-state index in [1.54, 1.807) is 13.3 Å². The molecule has 1 rings (SSSR count). The standard InChI is InChI=1S/C9H12N2O.2ClH/c1-12-9-8(4-2-6-10)5-3-7-11-9;;/h2-5,7H,6,10H2,1H3;2*1H. The summed E-state index contributed by atoms with van der Waals surface area (Å²) < 4.78 is 5.04. The number of pyridine rings is 1. The molecular formula is C9H14Cl2N2O. The van der Waals surface area contributed by atoms with Crippen LogP contribution in [-0.4, -0.2) is 18.6 Å². The molecule has 2 N–H and O–H groups in total. The van der Waals surface area contributed by atoms with Crippen LogP contribution in [0, 0.1) is 0 Å². The van der Waals surface area contributed by atoms with Crippen LogP contribution < -0.4 is 10.5 Å². The van der Waals surface area contributed by atoms with E-state index in [0.29, 0.717) is 12.4 Å². The molecule has 0 spiro atoms. The minimum absolute atomic E-state index is 0. The smallest absolute Gasteiger partial charge is 0.220 e. The Morgan fingerprint density at radius 3 is 2.79 bits per heavy atom. The number of methoxy groups -OCH3 is 1. The van der Waals surface area contributed by atoms with E-state index < -0.39 is 0 Å². The molecule has 0 saturated heterocycles. The first-order chi connectivity index (χ1) is 5.88. The molecule has 0 aliphatic heterocycles. The third-order valence-corrected chi connectivity index (χ3v) is 1.43. The van der Waals surface area contributed by atoms with Gasteiger partial charge in [0, 0.05) is 18.3 Å². The van der Waals surface area contributed by atoms with Crippen molar-refractivity contribution < 1.29 is 4.74 Å². The fourth-order valence-electron chi connectivity index (χ4n) is 0.896. The van der Waals surface area contributed by atoms with Crippen molar-refractivity contribution in [3.05, 3.63) is 30.0 Å². The number of hydrogen-bond acceptors (Lipinski definition) is 3. The Labute approximate surface area is 96.2 Å². The van der Waals surface area contributed by atoms with E-state index in [1.807, 2.05) is 24.3 Å². The maximum Gasteiger partial charge on any atom is 0.220 e. The van der Waals surface area contributed by atoms with Crippen molar-refractivity contribution in [2.45, 2.75) is 0 Å². The van der Waals surface area contributed by atoms with Crippen LogP contribution in [0.25, 0.3) is 6.08 Å². The third kappa shape index (κ3) is 4.46. The second kappa shape index (κ2) is 8.81. The Morgan fingerprint density at radius 2 is 2.21 bits per heavy atom. The molecule has 1 aromatic rings. The first-order valence-corrected chi connectivity index (χ1v) is 3.74. The summed E-state index contributed by atoms with van der Waals surface area (Å²) >= 11 is 0. The van der Waals surface area contributed by atoms with Gasteiger partial charge in [-0.15, -0.1) is 24.8 Å². The molecule has 0 bridgehead atoms. The minimum atomic E-state index is 0. The van der Waals surface area contributed by atoms with Crippen molar-refractivity contribution in [1.29, 1.82) is 0 Å². The van der Waals surface area contributed by atoms with Gasteiger partial charge in [-0.3, -0.25) is 0 Å². The summed E-state index contributed by atoms with van der Waals surface area (Å²) in [6.07, 6.45) is 5.45. The van der Waals surface area contributed by atoms with Gasteiger partial charge in [-0.2, -0.15) is 0 Å². The first-order valence-electron chi connectivity index (χ1n) is 3.74. The Bertz CT molecular complexity index is 279. The number of hydrogen-bond donors (Lipinski definition) is 1. The summed E-state index contributed by atoms with van der Waals surface area (Å²) in [5.41, 5.74) is 6.27. The van der Waals surface area contributed by atoms with Crippen LogP contribution in [0.1, 0.15) is 5.56 Å². The van der Waals surface area contributed by atoms with Gasteiger partial charge in [-0.25, -0.2) is 4.98 Å². The molecule has 80 valence electrons. The van der Waals surface area contributed by atoms with Gasteiger partial charge in [0.05, 0.1) is 7.11 Å². The molecule has 5 heteroatoms. The maximum atomic E-state index is 5.32. The lowest BCUT2D eigenvalue weighted by molar-refractivity contribution is 0.397. The number of halogens is 2. The summed E-state index contributed by atoms with van der Waals surface area (Å²) in [6.45, 7) is 0.526. The molecule has 0 amide bonds. The molecule has 0 atom stereocenters. The second-order valence-electron chi connectivity index (χ2n) is 2.24. The quantitative estimate of drug-likeness (QED) is 0.873. The highest BCUT2D eigenvalue weighted by Gasteiger charge is 1.96. The zero-order valence-electron chi connectivity index (χ0n) is 7.84. The van der Waals surface area contributed by atoms with Gasteiger partial charge >= 0.3 is 0 Å². The average molecular weight is 237 g/mol. The Kier molecular flexibility index (Phi) is 9.88. The number of nitrogens with two attached hydrogens (primary N) is 1. The molecule has 0 radical (unpaired) electrons. The predicted octanol–water partition coefficient (Wildman–Crippen LogP) is 1.91. The molecule has 0 unspecified atom stereocenters. The van der Waals surface area contributed by atoms with Gasteiger partial charge in [0.25, 0.3) is 0 Å². The fourth-order valence-corrected chi connectivity index (χ4v) is 0.896. The van der Waals surface area contributed by atoms with Crippen molar-refractivity contribution in [3.63, 3.8) is 0 Å². The van der Waals surface area contributed by atoms with Crippen molar-refractivity contribution in [2.75, 3.05) is 13.7 Å². The molecule has 0 aliphatic carbocycles. The number of rotatable bonds is 3. The normalized spacial score (nSPS) is 9.00. The van der Waals surface area contributed by atoms with E-state index in [2.05, 4.69) is 4.98 Å². The SMILES string of the molecule is COc1ncccc1C=CCN.Cl.Cl. The van der Waals surface area contributed by atoms with E-state index in [0.717, 1.165) is 5.56 Å².